The number of fused-ring (bicyclic) bond motifs is 6. The predicted octanol–water partition coefficient (Wildman–Crippen LogP) is 12.6. The van der Waals surface area contributed by atoms with Crippen molar-refractivity contribution in [2.45, 2.75) is 29.1 Å². The standard InChI is InChI=1S/C46H33N3S/c1-46(2)37-15-7-6-14-35(37)36-26-25-34(29-38(36)46)49-40-17-9-8-16-39(40)47-45(49)32-22-27-42-44(28-32)50-43-19-11-10-18-41(43)48(42)33-23-20-31(21-24-33)30-12-4-3-5-13-30/h3-29H,1-2H3. The number of hydrogen-bond acceptors (Lipinski definition) is 3. The van der Waals surface area contributed by atoms with E-state index in [-0.39, 0.29) is 5.41 Å². The largest absolute Gasteiger partial charge is 0.308 e. The molecule has 0 unspecified atom stereocenters. The fourth-order valence-corrected chi connectivity index (χ4v) is 9.02. The van der Waals surface area contributed by atoms with Gasteiger partial charge >= 0.3 is 0 Å². The van der Waals surface area contributed by atoms with Crippen LogP contribution in [0, 0.1) is 0 Å². The summed E-state index contributed by atoms with van der Waals surface area (Å²) in [5.41, 5.74) is 15.6. The van der Waals surface area contributed by atoms with Gasteiger partial charge in [0.1, 0.15) is 5.82 Å². The summed E-state index contributed by atoms with van der Waals surface area (Å²) in [5.74, 6) is 0.945. The van der Waals surface area contributed by atoms with Gasteiger partial charge in [0.15, 0.2) is 0 Å². The van der Waals surface area contributed by atoms with Crippen LogP contribution in [0.15, 0.2) is 174 Å². The Morgan fingerprint density at radius 2 is 1.16 bits per heavy atom. The average Bonchev–Trinajstić information content (AvgIpc) is 3.66. The van der Waals surface area contributed by atoms with Crippen LogP contribution in [0.2, 0.25) is 0 Å². The van der Waals surface area contributed by atoms with Gasteiger partial charge < -0.3 is 4.90 Å². The smallest absolute Gasteiger partial charge is 0.145 e. The Morgan fingerprint density at radius 3 is 2.04 bits per heavy atom. The number of nitrogens with zero attached hydrogens (tertiary/aromatic N) is 3. The van der Waals surface area contributed by atoms with Crippen molar-refractivity contribution in [2.75, 3.05) is 4.90 Å². The molecule has 2 aliphatic rings. The highest BCUT2D eigenvalue weighted by Gasteiger charge is 2.35. The van der Waals surface area contributed by atoms with Gasteiger partial charge in [0.05, 0.1) is 22.4 Å². The highest BCUT2D eigenvalue weighted by Crippen LogP contribution is 2.53. The molecule has 0 saturated heterocycles. The van der Waals surface area contributed by atoms with Crippen LogP contribution in [0.4, 0.5) is 17.1 Å². The summed E-state index contributed by atoms with van der Waals surface area (Å²) >= 11 is 1.83. The van der Waals surface area contributed by atoms with Gasteiger partial charge in [-0.1, -0.05) is 123 Å². The van der Waals surface area contributed by atoms with Gasteiger partial charge in [-0.25, -0.2) is 4.98 Å². The second-order valence-electron chi connectivity index (χ2n) is 13.7. The van der Waals surface area contributed by atoms with Crippen molar-refractivity contribution in [3.05, 3.63) is 175 Å². The monoisotopic (exact) mass is 659 g/mol. The van der Waals surface area contributed by atoms with Gasteiger partial charge in [0.2, 0.25) is 0 Å². The number of anilines is 3. The Balaban J connectivity index is 1.10. The summed E-state index contributed by atoms with van der Waals surface area (Å²) in [7, 11) is 0. The van der Waals surface area contributed by atoms with Gasteiger partial charge in [-0.05, 0) is 100 Å². The molecule has 0 radical (unpaired) electrons. The minimum Gasteiger partial charge on any atom is -0.308 e. The summed E-state index contributed by atoms with van der Waals surface area (Å²) in [6.45, 7) is 4.68. The molecule has 7 aromatic carbocycles. The summed E-state index contributed by atoms with van der Waals surface area (Å²) in [6.07, 6.45) is 0. The highest BCUT2D eigenvalue weighted by molar-refractivity contribution is 7.99. The number of aromatic nitrogens is 2. The Kier molecular flexibility index (Phi) is 6.46. The molecule has 1 aliphatic carbocycles. The molecule has 0 N–H and O–H groups in total. The number of hydrogen-bond donors (Lipinski definition) is 0. The lowest BCUT2D eigenvalue weighted by Gasteiger charge is -2.33. The lowest BCUT2D eigenvalue weighted by atomic mass is 9.82. The van der Waals surface area contributed by atoms with E-state index in [1.165, 1.54) is 54.5 Å². The maximum Gasteiger partial charge on any atom is 0.145 e. The first-order chi connectivity index (χ1) is 24.5. The van der Waals surface area contributed by atoms with Gasteiger partial charge in [0, 0.05) is 32.1 Å². The molecule has 0 atom stereocenters. The number of para-hydroxylation sites is 3. The molecule has 0 amide bonds. The van der Waals surface area contributed by atoms with Crippen LogP contribution in [0.5, 0.6) is 0 Å². The molecule has 0 bridgehead atoms. The fraction of sp³-hybridized carbons (Fsp3) is 0.0652. The van der Waals surface area contributed by atoms with E-state index >= 15 is 0 Å². The van der Waals surface area contributed by atoms with Crippen molar-refractivity contribution in [2.24, 2.45) is 0 Å². The van der Waals surface area contributed by atoms with Crippen molar-refractivity contribution in [3.63, 3.8) is 0 Å². The second-order valence-corrected chi connectivity index (χ2v) is 14.7. The Labute approximate surface area is 296 Å². The van der Waals surface area contributed by atoms with Crippen molar-refractivity contribution < 1.29 is 0 Å². The van der Waals surface area contributed by atoms with Crippen LogP contribution < -0.4 is 4.90 Å². The summed E-state index contributed by atoms with van der Waals surface area (Å²) in [4.78, 5) is 10.1. The van der Waals surface area contributed by atoms with Crippen LogP contribution in [0.3, 0.4) is 0 Å². The first kappa shape index (κ1) is 29.1. The summed E-state index contributed by atoms with van der Waals surface area (Å²) in [5, 5.41) is 0. The van der Waals surface area contributed by atoms with Gasteiger partial charge in [-0.2, -0.15) is 0 Å². The third kappa shape index (κ3) is 4.42. The zero-order chi connectivity index (χ0) is 33.4. The van der Waals surface area contributed by atoms with Crippen molar-refractivity contribution in [1.82, 2.24) is 9.55 Å². The molecule has 3 nitrogen and oxygen atoms in total. The highest BCUT2D eigenvalue weighted by atomic mass is 32.2. The zero-order valence-electron chi connectivity index (χ0n) is 27.8. The van der Waals surface area contributed by atoms with E-state index in [9.17, 15) is 0 Å². The van der Waals surface area contributed by atoms with Gasteiger partial charge in [-0.3, -0.25) is 4.57 Å². The average molecular weight is 660 g/mol. The minimum absolute atomic E-state index is 0.0862. The molecule has 10 rings (SSSR count). The molecule has 1 aromatic heterocycles. The number of benzene rings is 7. The second kappa shape index (κ2) is 11.1. The predicted molar refractivity (Wildman–Crippen MR) is 208 cm³/mol. The first-order valence-electron chi connectivity index (χ1n) is 17.1. The van der Waals surface area contributed by atoms with Gasteiger partial charge in [-0.15, -0.1) is 0 Å². The summed E-state index contributed by atoms with van der Waals surface area (Å²) in [6, 6.07) is 59.3. The van der Waals surface area contributed by atoms with E-state index in [1.54, 1.807) is 0 Å². The SMILES string of the molecule is CC1(C)c2ccccc2-c2ccc(-n3c(-c4ccc5c(c4)Sc4ccccc4N5c4ccc(-c5ccccc5)cc4)nc4ccccc43)cc21. The molecular weight excluding hydrogens is 627 g/mol. The molecule has 50 heavy (non-hydrogen) atoms. The lowest BCUT2D eigenvalue weighted by molar-refractivity contribution is 0.660. The Hall–Kier alpha value is -5.84. The molecule has 8 aromatic rings. The number of rotatable bonds is 4. The third-order valence-corrected chi connectivity index (χ3v) is 11.5. The molecule has 0 saturated carbocycles. The Bertz CT molecular complexity index is 2600. The third-order valence-electron chi connectivity index (χ3n) is 10.4. The van der Waals surface area contributed by atoms with Crippen molar-refractivity contribution >= 4 is 39.9 Å². The molecule has 238 valence electrons. The lowest BCUT2D eigenvalue weighted by Crippen LogP contribution is -2.15. The molecule has 0 spiro atoms. The fourth-order valence-electron chi connectivity index (χ4n) is 7.92. The van der Waals surface area contributed by atoms with Crippen molar-refractivity contribution in [1.29, 1.82) is 0 Å². The van der Waals surface area contributed by atoms with E-state index < -0.39 is 0 Å². The molecular formula is C46H33N3S. The van der Waals surface area contributed by atoms with Crippen LogP contribution in [-0.4, -0.2) is 9.55 Å². The molecule has 0 fully saturated rings. The Morgan fingerprint density at radius 1 is 0.500 bits per heavy atom. The van der Waals surface area contributed by atoms with Crippen LogP contribution in [0.1, 0.15) is 25.0 Å². The van der Waals surface area contributed by atoms with Crippen molar-refractivity contribution in [3.8, 4) is 39.3 Å². The normalized spacial score (nSPS) is 13.8. The van der Waals surface area contributed by atoms with E-state index in [1.807, 2.05) is 11.8 Å². The topological polar surface area (TPSA) is 21.1 Å². The zero-order valence-corrected chi connectivity index (χ0v) is 28.7. The minimum atomic E-state index is -0.0862. The molecule has 4 heteroatoms. The maximum absolute atomic E-state index is 5.28. The maximum atomic E-state index is 5.28. The summed E-state index contributed by atoms with van der Waals surface area (Å²) < 4.78 is 2.35. The molecule has 1 aliphatic heterocycles. The van der Waals surface area contributed by atoms with E-state index in [0.717, 1.165) is 33.8 Å². The van der Waals surface area contributed by atoms with E-state index in [4.69, 9.17) is 4.98 Å². The van der Waals surface area contributed by atoms with Crippen LogP contribution in [-0.2, 0) is 5.41 Å². The van der Waals surface area contributed by atoms with Crippen LogP contribution in [0.25, 0.3) is 50.4 Å². The van der Waals surface area contributed by atoms with E-state index in [0.29, 0.717) is 0 Å². The molecule has 2 heterocycles. The van der Waals surface area contributed by atoms with Gasteiger partial charge in [0.25, 0.3) is 0 Å². The first-order valence-corrected chi connectivity index (χ1v) is 18.0. The quantitative estimate of drug-likeness (QED) is 0.188. The van der Waals surface area contributed by atoms with Crippen LogP contribution >= 0.6 is 11.8 Å². The van der Waals surface area contributed by atoms with E-state index in [2.05, 4.69) is 187 Å². The number of imidazole rings is 1.